The number of ether oxygens (including phenoxy) is 1. The molecule has 1 aromatic heterocycles. The molecule has 2 rings (SSSR count). The molecule has 3 nitrogen and oxygen atoms in total. The lowest BCUT2D eigenvalue weighted by Crippen LogP contribution is -2.10. The van der Waals surface area contributed by atoms with Crippen LogP contribution in [0, 0.1) is 3.57 Å². The van der Waals surface area contributed by atoms with Crippen LogP contribution in [0.15, 0.2) is 45.7 Å². The smallest absolute Gasteiger partial charge is 0.248 e. The molecular formula is C13H11BrINO2. The van der Waals surface area contributed by atoms with Crippen molar-refractivity contribution in [3.63, 3.8) is 0 Å². The van der Waals surface area contributed by atoms with Crippen molar-refractivity contribution >= 4 is 38.5 Å². The normalized spacial score (nSPS) is 10.3. The number of aromatic nitrogens is 1. The fourth-order valence-corrected chi connectivity index (χ4v) is 2.33. The van der Waals surface area contributed by atoms with E-state index in [4.69, 9.17) is 4.74 Å². The SMILES string of the molecule is O=c1cccc(CCOc2cc(Br)ccc2I)[nH]1. The molecule has 0 radical (unpaired) electrons. The zero-order chi connectivity index (χ0) is 13.0. The van der Waals surface area contributed by atoms with E-state index < -0.39 is 0 Å². The average Bonchev–Trinajstić information content (AvgIpc) is 2.34. The van der Waals surface area contributed by atoms with E-state index in [1.54, 1.807) is 6.07 Å². The standard InChI is InChI=1S/C13H11BrINO2/c14-9-4-5-11(15)12(8-9)18-7-6-10-2-1-3-13(17)16-10/h1-5,8H,6-7H2,(H,16,17). The van der Waals surface area contributed by atoms with Gasteiger partial charge in [-0.25, -0.2) is 0 Å². The highest BCUT2D eigenvalue weighted by Gasteiger charge is 2.02. The molecule has 0 spiro atoms. The van der Waals surface area contributed by atoms with Crippen LogP contribution in [0.1, 0.15) is 5.69 Å². The van der Waals surface area contributed by atoms with Crippen LogP contribution < -0.4 is 10.3 Å². The monoisotopic (exact) mass is 419 g/mol. The van der Waals surface area contributed by atoms with Crippen molar-refractivity contribution in [3.8, 4) is 5.75 Å². The van der Waals surface area contributed by atoms with Gasteiger partial charge in [-0.3, -0.25) is 4.79 Å². The minimum absolute atomic E-state index is 0.0791. The minimum atomic E-state index is -0.0791. The van der Waals surface area contributed by atoms with E-state index in [2.05, 4.69) is 43.5 Å². The van der Waals surface area contributed by atoms with Crippen LogP contribution in [-0.2, 0) is 6.42 Å². The van der Waals surface area contributed by atoms with Crippen molar-refractivity contribution in [1.82, 2.24) is 4.98 Å². The van der Waals surface area contributed by atoms with Gasteiger partial charge in [0.05, 0.1) is 10.2 Å². The molecule has 0 saturated carbocycles. The predicted molar refractivity (Wildman–Crippen MR) is 83.1 cm³/mol. The maximum absolute atomic E-state index is 11.1. The molecule has 0 bridgehead atoms. The Morgan fingerprint density at radius 3 is 2.89 bits per heavy atom. The lowest BCUT2D eigenvalue weighted by Gasteiger charge is -2.08. The Morgan fingerprint density at radius 2 is 2.11 bits per heavy atom. The molecule has 18 heavy (non-hydrogen) atoms. The zero-order valence-corrected chi connectivity index (χ0v) is 13.2. The number of H-pyrrole nitrogens is 1. The van der Waals surface area contributed by atoms with Gasteiger partial charge >= 0.3 is 0 Å². The maximum Gasteiger partial charge on any atom is 0.248 e. The van der Waals surface area contributed by atoms with Gasteiger partial charge in [0.25, 0.3) is 0 Å². The Balaban J connectivity index is 1.96. The second kappa shape index (κ2) is 6.38. The quantitative estimate of drug-likeness (QED) is 0.772. The molecule has 0 saturated heterocycles. The molecule has 5 heteroatoms. The molecule has 0 atom stereocenters. The summed E-state index contributed by atoms with van der Waals surface area (Å²) in [5.74, 6) is 0.850. The molecule has 1 aromatic carbocycles. The molecule has 0 unspecified atom stereocenters. The maximum atomic E-state index is 11.1. The number of nitrogens with one attached hydrogen (secondary N) is 1. The van der Waals surface area contributed by atoms with Crippen LogP contribution in [0.5, 0.6) is 5.75 Å². The zero-order valence-electron chi connectivity index (χ0n) is 9.45. The number of rotatable bonds is 4. The first-order valence-corrected chi connectivity index (χ1v) is 7.28. The number of benzene rings is 1. The van der Waals surface area contributed by atoms with Crippen LogP contribution in [0.4, 0.5) is 0 Å². The summed E-state index contributed by atoms with van der Waals surface area (Å²) in [7, 11) is 0. The van der Waals surface area contributed by atoms with Gasteiger partial charge in [-0.05, 0) is 46.9 Å². The predicted octanol–water partition coefficient (Wildman–Crippen LogP) is 3.36. The third-order valence-electron chi connectivity index (χ3n) is 2.35. The van der Waals surface area contributed by atoms with E-state index in [0.29, 0.717) is 13.0 Å². The second-order valence-corrected chi connectivity index (χ2v) is 5.79. The van der Waals surface area contributed by atoms with E-state index in [0.717, 1.165) is 19.5 Å². The molecule has 0 aliphatic carbocycles. The number of hydrogen-bond donors (Lipinski definition) is 1. The number of aromatic amines is 1. The van der Waals surface area contributed by atoms with Gasteiger partial charge in [-0.15, -0.1) is 0 Å². The van der Waals surface area contributed by atoms with Crippen molar-refractivity contribution in [2.45, 2.75) is 6.42 Å². The van der Waals surface area contributed by atoms with Gasteiger partial charge in [0, 0.05) is 22.7 Å². The molecule has 0 aliphatic heterocycles. The van der Waals surface area contributed by atoms with E-state index in [1.807, 2.05) is 24.3 Å². The molecule has 1 N–H and O–H groups in total. The average molecular weight is 420 g/mol. The van der Waals surface area contributed by atoms with E-state index in [-0.39, 0.29) is 5.56 Å². The van der Waals surface area contributed by atoms with Crippen molar-refractivity contribution in [2.75, 3.05) is 6.61 Å². The third-order valence-corrected chi connectivity index (χ3v) is 3.74. The van der Waals surface area contributed by atoms with Crippen LogP contribution >= 0.6 is 38.5 Å². The Labute approximate surface area is 127 Å². The Bertz CT molecular complexity index is 598. The topological polar surface area (TPSA) is 42.1 Å². The highest BCUT2D eigenvalue weighted by Crippen LogP contribution is 2.25. The molecule has 0 fully saturated rings. The fourth-order valence-electron chi connectivity index (χ4n) is 1.50. The molecular weight excluding hydrogens is 409 g/mol. The van der Waals surface area contributed by atoms with E-state index in [1.165, 1.54) is 6.07 Å². The largest absolute Gasteiger partial charge is 0.492 e. The first kappa shape index (κ1) is 13.6. The highest BCUT2D eigenvalue weighted by atomic mass is 127. The fraction of sp³-hybridized carbons (Fsp3) is 0.154. The highest BCUT2D eigenvalue weighted by molar-refractivity contribution is 14.1. The van der Waals surface area contributed by atoms with Gasteiger partial charge < -0.3 is 9.72 Å². The van der Waals surface area contributed by atoms with Crippen molar-refractivity contribution in [1.29, 1.82) is 0 Å². The molecule has 94 valence electrons. The Morgan fingerprint density at radius 1 is 1.28 bits per heavy atom. The molecule has 1 heterocycles. The van der Waals surface area contributed by atoms with Crippen LogP contribution in [0.2, 0.25) is 0 Å². The van der Waals surface area contributed by atoms with Crippen molar-refractivity contribution in [3.05, 3.63) is 60.5 Å². The van der Waals surface area contributed by atoms with Gasteiger partial charge in [-0.2, -0.15) is 0 Å². The van der Waals surface area contributed by atoms with Crippen LogP contribution in [-0.4, -0.2) is 11.6 Å². The van der Waals surface area contributed by atoms with Gasteiger partial charge in [0.1, 0.15) is 5.75 Å². The van der Waals surface area contributed by atoms with E-state index >= 15 is 0 Å². The number of hydrogen-bond acceptors (Lipinski definition) is 2. The van der Waals surface area contributed by atoms with E-state index in [9.17, 15) is 4.79 Å². The summed E-state index contributed by atoms with van der Waals surface area (Å²) in [6.45, 7) is 0.534. The van der Waals surface area contributed by atoms with Crippen LogP contribution in [0.3, 0.4) is 0 Å². The Kier molecular flexibility index (Phi) is 4.82. The number of halogens is 2. The lowest BCUT2D eigenvalue weighted by molar-refractivity contribution is 0.318. The summed E-state index contributed by atoms with van der Waals surface area (Å²) in [6.07, 6.45) is 0.679. The summed E-state index contributed by atoms with van der Waals surface area (Å²) in [6, 6.07) is 11.0. The van der Waals surface area contributed by atoms with Gasteiger partial charge in [-0.1, -0.05) is 22.0 Å². The summed E-state index contributed by atoms with van der Waals surface area (Å²) in [4.78, 5) is 13.9. The third kappa shape index (κ3) is 3.84. The lowest BCUT2D eigenvalue weighted by atomic mass is 10.3. The first-order valence-electron chi connectivity index (χ1n) is 5.41. The van der Waals surface area contributed by atoms with Gasteiger partial charge in [0.15, 0.2) is 0 Å². The summed E-state index contributed by atoms with van der Waals surface area (Å²) in [5, 5.41) is 0. The Hall–Kier alpha value is -0.820. The van der Waals surface area contributed by atoms with Crippen molar-refractivity contribution < 1.29 is 4.74 Å². The summed E-state index contributed by atoms with van der Waals surface area (Å²) >= 11 is 5.64. The van der Waals surface area contributed by atoms with Crippen LogP contribution in [0.25, 0.3) is 0 Å². The second-order valence-electron chi connectivity index (χ2n) is 3.71. The first-order chi connectivity index (χ1) is 8.65. The molecule has 0 aliphatic rings. The molecule has 0 amide bonds. The summed E-state index contributed by atoms with van der Waals surface area (Å²) < 4.78 is 7.76. The molecule has 2 aromatic rings. The minimum Gasteiger partial charge on any atom is -0.492 e. The van der Waals surface area contributed by atoms with Crippen molar-refractivity contribution in [2.24, 2.45) is 0 Å². The summed E-state index contributed by atoms with van der Waals surface area (Å²) in [5.41, 5.74) is 0.803. The number of pyridine rings is 1. The van der Waals surface area contributed by atoms with Gasteiger partial charge in [0.2, 0.25) is 5.56 Å².